The summed E-state index contributed by atoms with van der Waals surface area (Å²) in [6, 6.07) is 0. The number of halogens is 1. The minimum absolute atomic E-state index is 0. The molecule has 2 N–H and O–H groups in total. The van der Waals surface area contributed by atoms with Crippen molar-refractivity contribution in [2.75, 3.05) is 39.3 Å². The fourth-order valence-electron chi connectivity index (χ4n) is 3.29. The van der Waals surface area contributed by atoms with E-state index < -0.39 is 0 Å². The van der Waals surface area contributed by atoms with Gasteiger partial charge in [0.1, 0.15) is 0 Å². The maximum absolute atomic E-state index is 6.10. The lowest BCUT2D eigenvalue weighted by Crippen LogP contribution is -2.45. The Hall–Kier alpha value is -0.0800. The van der Waals surface area contributed by atoms with Crippen LogP contribution in [0, 0.1) is 5.92 Å². The van der Waals surface area contributed by atoms with Gasteiger partial charge >= 0.3 is 0 Å². The molecule has 0 spiro atoms. The minimum Gasteiger partial charge on any atom is -0.373 e. The average molecular weight is 424 g/mol. The van der Waals surface area contributed by atoms with Crippen LogP contribution in [0.2, 0.25) is 0 Å². The lowest BCUT2D eigenvalue weighted by Gasteiger charge is -2.35. The second-order valence-electron chi connectivity index (χ2n) is 6.78. The molecular formula is C16H33IN4O. The third kappa shape index (κ3) is 6.58. The fraction of sp³-hybridized carbons (Fsp3) is 0.938. The summed E-state index contributed by atoms with van der Waals surface area (Å²) >= 11 is 0. The molecule has 0 aromatic rings. The Morgan fingerprint density at radius 1 is 1.14 bits per heavy atom. The van der Waals surface area contributed by atoms with Gasteiger partial charge in [-0.3, -0.25) is 9.89 Å². The average Bonchev–Trinajstić information content (AvgIpc) is 2.43. The summed E-state index contributed by atoms with van der Waals surface area (Å²) < 4.78 is 5.75. The first-order chi connectivity index (χ1) is 10.0. The number of aliphatic imine (C=N–C) groups is 1. The molecule has 2 fully saturated rings. The minimum atomic E-state index is 0. The number of hydrogen-bond donors (Lipinski definition) is 1. The molecule has 0 amide bonds. The van der Waals surface area contributed by atoms with Gasteiger partial charge in [0.05, 0.1) is 12.2 Å². The zero-order chi connectivity index (χ0) is 15.2. The number of piperidine rings is 1. The smallest absolute Gasteiger partial charge is 0.191 e. The standard InChI is InChI=1S/C16H32N4O.HI/c1-13-5-9-20(10-6-13)16(17)18-7-4-8-19-11-14(2)21-15(3)12-19;/h13-15H,4-12H2,1-3H3,(H2,17,18);1H. The van der Waals surface area contributed by atoms with E-state index in [1.54, 1.807) is 0 Å². The monoisotopic (exact) mass is 424 g/mol. The summed E-state index contributed by atoms with van der Waals surface area (Å²) in [4.78, 5) is 9.27. The lowest BCUT2D eigenvalue weighted by atomic mass is 10.00. The van der Waals surface area contributed by atoms with Crippen LogP contribution in [0.4, 0.5) is 0 Å². The van der Waals surface area contributed by atoms with Gasteiger partial charge < -0.3 is 15.4 Å². The SMILES string of the molecule is CC1CCN(C(N)=NCCCN2CC(C)OC(C)C2)CC1.I. The number of morpholine rings is 1. The highest BCUT2D eigenvalue weighted by atomic mass is 127. The normalized spacial score (nSPS) is 28.5. The van der Waals surface area contributed by atoms with Gasteiger partial charge in [-0.2, -0.15) is 0 Å². The summed E-state index contributed by atoms with van der Waals surface area (Å²) in [5, 5.41) is 0. The Labute approximate surface area is 152 Å². The van der Waals surface area contributed by atoms with Crippen molar-refractivity contribution in [2.45, 2.75) is 52.2 Å². The van der Waals surface area contributed by atoms with Crippen molar-refractivity contribution < 1.29 is 4.74 Å². The van der Waals surface area contributed by atoms with E-state index in [-0.39, 0.29) is 24.0 Å². The predicted octanol–water partition coefficient (Wildman–Crippen LogP) is 2.15. The maximum atomic E-state index is 6.10. The molecule has 22 heavy (non-hydrogen) atoms. The lowest BCUT2D eigenvalue weighted by molar-refractivity contribution is -0.0679. The Morgan fingerprint density at radius 2 is 1.73 bits per heavy atom. The molecule has 0 saturated carbocycles. The van der Waals surface area contributed by atoms with Crippen molar-refractivity contribution in [2.24, 2.45) is 16.6 Å². The number of ether oxygens (including phenoxy) is 1. The molecule has 5 nitrogen and oxygen atoms in total. The van der Waals surface area contributed by atoms with E-state index in [1.807, 2.05) is 0 Å². The summed E-state index contributed by atoms with van der Waals surface area (Å²) in [7, 11) is 0. The van der Waals surface area contributed by atoms with E-state index in [4.69, 9.17) is 10.5 Å². The molecule has 2 saturated heterocycles. The van der Waals surface area contributed by atoms with Crippen LogP contribution in [-0.4, -0.2) is 67.2 Å². The molecule has 2 heterocycles. The second-order valence-corrected chi connectivity index (χ2v) is 6.78. The van der Waals surface area contributed by atoms with Gasteiger partial charge in [0.25, 0.3) is 0 Å². The van der Waals surface area contributed by atoms with E-state index in [1.165, 1.54) is 12.8 Å². The van der Waals surface area contributed by atoms with Gasteiger partial charge in [-0.1, -0.05) is 6.92 Å². The third-order valence-electron chi connectivity index (χ3n) is 4.51. The first-order valence-electron chi connectivity index (χ1n) is 8.47. The van der Waals surface area contributed by atoms with Gasteiger partial charge in [0, 0.05) is 39.3 Å². The Kier molecular flexibility index (Phi) is 9.01. The van der Waals surface area contributed by atoms with E-state index >= 15 is 0 Å². The van der Waals surface area contributed by atoms with Gasteiger partial charge in [0.2, 0.25) is 0 Å². The summed E-state index contributed by atoms with van der Waals surface area (Å²) in [6.07, 6.45) is 4.24. The fourth-order valence-corrected chi connectivity index (χ4v) is 3.29. The molecule has 130 valence electrons. The van der Waals surface area contributed by atoms with Crippen LogP contribution in [0.3, 0.4) is 0 Å². The first-order valence-corrected chi connectivity index (χ1v) is 8.47. The number of likely N-dealkylation sites (tertiary alicyclic amines) is 1. The molecule has 2 aliphatic rings. The second kappa shape index (κ2) is 9.93. The van der Waals surface area contributed by atoms with Crippen molar-refractivity contribution in [3.8, 4) is 0 Å². The third-order valence-corrected chi connectivity index (χ3v) is 4.51. The van der Waals surface area contributed by atoms with Crippen molar-refractivity contribution in [1.29, 1.82) is 0 Å². The Bertz CT molecular complexity index is 335. The van der Waals surface area contributed by atoms with Gasteiger partial charge in [-0.15, -0.1) is 24.0 Å². The highest BCUT2D eigenvalue weighted by Gasteiger charge is 2.21. The van der Waals surface area contributed by atoms with E-state index in [0.29, 0.717) is 12.2 Å². The van der Waals surface area contributed by atoms with Gasteiger partial charge in [0.15, 0.2) is 5.96 Å². The zero-order valence-electron chi connectivity index (χ0n) is 14.3. The van der Waals surface area contributed by atoms with Crippen LogP contribution in [0.1, 0.15) is 40.0 Å². The number of nitrogens with two attached hydrogens (primary N) is 1. The maximum Gasteiger partial charge on any atom is 0.191 e. The van der Waals surface area contributed by atoms with Crippen LogP contribution < -0.4 is 5.73 Å². The highest BCUT2D eigenvalue weighted by Crippen LogP contribution is 2.15. The molecule has 0 aromatic heterocycles. The molecule has 2 aliphatic heterocycles. The quantitative estimate of drug-likeness (QED) is 0.325. The number of rotatable bonds is 4. The number of nitrogens with zero attached hydrogens (tertiary/aromatic N) is 3. The number of hydrogen-bond acceptors (Lipinski definition) is 3. The molecule has 2 atom stereocenters. The highest BCUT2D eigenvalue weighted by molar-refractivity contribution is 14.0. The first kappa shape index (κ1) is 20.0. The molecule has 0 aliphatic carbocycles. The van der Waals surface area contributed by atoms with E-state index in [0.717, 1.165) is 57.6 Å². The molecule has 0 bridgehead atoms. The van der Waals surface area contributed by atoms with Crippen molar-refractivity contribution >= 4 is 29.9 Å². The van der Waals surface area contributed by atoms with Crippen molar-refractivity contribution in [3.63, 3.8) is 0 Å². The molecular weight excluding hydrogens is 391 g/mol. The zero-order valence-corrected chi connectivity index (χ0v) is 16.7. The topological polar surface area (TPSA) is 54.1 Å². The van der Waals surface area contributed by atoms with Crippen LogP contribution in [-0.2, 0) is 4.74 Å². The predicted molar refractivity (Wildman–Crippen MR) is 103 cm³/mol. The summed E-state index contributed by atoms with van der Waals surface area (Å²) in [5.41, 5.74) is 6.10. The van der Waals surface area contributed by atoms with Crippen LogP contribution >= 0.6 is 24.0 Å². The van der Waals surface area contributed by atoms with Gasteiger partial charge in [-0.05, 0) is 39.0 Å². The van der Waals surface area contributed by atoms with Crippen molar-refractivity contribution in [3.05, 3.63) is 0 Å². The Balaban J connectivity index is 0.00000242. The largest absolute Gasteiger partial charge is 0.373 e. The molecule has 0 radical (unpaired) electrons. The summed E-state index contributed by atoms with van der Waals surface area (Å²) in [5.74, 6) is 1.57. The van der Waals surface area contributed by atoms with Gasteiger partial charge in [-0.25, -0.2) is 0 Å². The summed E-state index contributed by atoms with van der Waals surface area (Å²) in [6.45, 7) is 12.7. The molecule has 2 unspecified atom stereocenters. The van der Waals surface area contributed by atoms with Crippen LogP contribution in [0.15, 0.2) is 4.99 Å². The van der Waals surface area contributed by atoms with Crippen LogP contribution in [0.5, 0.6) is 0 Å². The number of guanidine groups is 1. The molecule has 6 heteroatoms. The van der Waals surface area contributed by atoms with E-state index in [9.17, 15) is 0 Å². The molecule has 0 aromatic carbocycles. The molecule has 2 rings (SSSR count). The van der Waals surface area contributed by atoms with E-state index in [2.05, 4.69) is 35.6 Å². The van der Waals surface area contributed by atoms with Crippen molar-refractivity contribution in [1.82, 2.24) is 9.80 Å². The Morgan fingerprint density at radius 3 is 2.32 bits per heavy atom. The van der Waals surface area contributed by atoms with Crippen LogP contribution in [0.25, 0.3) is 0 Å².